The first-order chi connectivity index (χ1) is 11.7. The summed E-state index contributed by atoms with van der Waals surface area (Å²) in [6, 6.07) is 7.78. The lowest BCUT2D eigenvalue weighted by Gasteiger charge is -2.05. The van der Waals surface area contributed by atoms with E-state index in [-0.39, 0.29) is 12.3 Å². The maximum absolute atomic E-state index is 12.3. The number of aryl methyl sites for hydroxylation is 2. The molecule has 1 N–H and O–H groups in total. The van der Waals surface area contributed by atoms with Gasteiger partial charge in [0.25, 0.3) is 0 Å². The van der Waals surface area contributed by atoms with Gasteiger partial charge in [-0.25, -0.2) is 4.98 Å². The Morgan fingerprint density at radius 3 is 2.88 bits per heavy atom. The van der Waals surface area contributed by atoms with Gasteiger partial charge in [0.1, 0.15) is 5.58 Å². The number of hydrogen-bond acceptors (Lipinski definition) is 4. The van der Waals surface area contributed by atoms with Crippen LogP contribution in [0, 0.1) is 0 Å². The van der Waals surface area contributed by atoms with Crippen LogP contribution in [0.15, 0.2) is 41.1 Å². The lowest BCUT2D eigenvalue weighted by atomic mass is 10.0. The number of benzene rings is 1. The molecule has 1 aliphatic carbocycles. The molecule has 0 saturated carbocycles. The standard InChI is InChI=1S/C19H18N2O3/c1-23-19-6-5-15(10-20-19)21-18(22)9-14-11-24-17-8-13-4-2-3-12(13)7-16(14)17/h5-8,10-11H,2-4,9H2,1H3,(H,21,22). The second-order valence-corrected chi connectivity index (χ2v) is 6.05. The summed E-state index contributed by atoms with van der Waals surface area (Å²) in [5.74, 6) is 0.424. The van der Waals surface area contributed by atoms with Gasteiger partial charge < -0.3 is 14.5 Å². The molecule has 24 heavy (non-hydrogen) atoms. The molecule has 2 heterocycles. The molecule has 4 rings (SSSR count). The fourth-order valence-corrected chi connectivity index (χ4v) is 3.24. The molecule has 0 saturated heterocycles. The van der Waals surface area contributed by atoms with Crippen molar-refractivity contribution in [3.8, 4) is 5.88 Å². The van der Waals surface area contributed by atoms with E-state index in [4.69, 9.17) is 9.15 Å². The van der Waals surface area contributed by atoms with Gasteiger partial charge >= 0.3 is 0 Å². The van der Waals surface area contributed by atoms with Gasteiger partial charge in [-0.2, -0.15) is 0 Å². The van der Waals surface area contributed by atoms with Gasteiger partial charge in [0.15, 0.2) is 0 Å². The topological polar surface area (TPSA) is 64.4 Å². The Labute approximate surface area is 139 Å². The first-order valence-corrected chi connectivity index (χ1v) is 8.05. The fraction of sp³-hybridized carbons (Fsp3) is 0.263. The molecule has 0 radical (unpaired) electrons. The molecule has 0 unspecified atom stereocenters. The fourth-order valence-electron chi connectivity index (χ4n) is 3.24. The van der Waals surface area contributed by atoms with E-state index in [1.807, 2.05) is 0 Å². The zero-order valence-corrected chi connectivity index (χ0v) is 13.5. The number of ether oxygens (including phenoxy) is 1. The Morgan fingerprint density at radius 1 is 1.29 bits per heavy atom. The second-order valence-electron chi connectivity index (χ2n) is 6.05. The van der Waals surface area contributed by atoms with Crippen LogP contribution in [0.4, 0.5) is 5.69 Å². The maximum Gasteiger partial charge on any atom is 0.228 e. The summed E-state index contributed by atoms with van der Waals surface area (Å²) in [4.78, 5) is 16.4. The van der Waals surface area contributed by atoms with E-state index in [9.17, 15) is 4.79 Å². The van der Waals surface area contributed by atoms with E-state index in [0.717, 1.165) is 29.4 Å². The van der Waals surface area contributed by atoms with Crippen LogP contribution in [0.5, 0.6) is 5.88 Å². The predicted molar refractivity (Wildman–Crippen MR) is 91.4 cm³/mol. The molecule has 5 nitrogen and oxygen atoms in total. The molecule has 1 amide bonds. The number of amides is 1. The van der Waals surface area contributed by atoms with Gasteiger partial charge in [0.2, 0.25) is 11.8 Å². The summed E-state index contributed by atoms with van der Waals surface area (Å²) in [5.41, 5.74) is 5.18. The third-order valence-corrected chi connectivity index (χ3v) is 4.45. The predicted octanol–water partition coefficient (Wildman–Crippen LogP) is 3.51. The van der Waals surface area contributed by atoms with Crippen LogP contribution in [0.25, 0.3) is 11.0 Å². The SMILES string of the molecule is COc1ccc(NC(=O)Cc2coc3cc4c(cc23)CCC4)cn1. The van der Waals surface area contributed by atoms with E-state index in [1.54, 1.807) is 31.7 Å². The number of methoxy groups -OCH3 is 1. The number of nitrogens with zero attached hydrogens (tertiary/aromatic N) is 1. The third-order valence-electron chi connectivity index (χ3n) is 4.45. The molecule has 1 aromatic carbocycles. The average Bonchev–Trinajstić information content (AvgIpc) is 3.20. The Balaban J connectivity index is 1.52. The van der Waals surface area contributed by atoms with Crippen molar-refractivity contribution in [2.75, 3.05) is 12.4 Å². The Bertz CT molecular complexity index is 897. The molecule has 0 spiro atoms. The van der Waals surface area contributed by atoms with Gasteiger partial charge in [0.05, 0.1) is 31.7 Å². The summed E-state index contributed by atoms with van der Waals surface area (Å²) in [6.07, 6.45) is 6.97. The lowest BCUT2D eigenvalue weighted by molar-refractivity contribution is -0.115. The summed E-state index contributed by atoms with van der Waals surface area (Å²) in [5, 5.41) is 3.89. The van der Waals surface area contributed by atoms with E-state index in [0.29, 0.717) is 11.6 Å². The lowest BCUT2D eigenvalue weighted by Crippen LogP contribution is -2.14. The summed E-state index contributed by atoms with van der Waals surface area (Å²) >= 11 is 0. The van der Waals surface area contributed by atoms with Crippen LogP contribution in [0.3, 0.4) is 0 Å². The Hall–Kier alpha value is -2.82. The third kappa shape index (κ3) is 2.73. The molecule has 0 aliphatic heterocycles. The zero-order chi connectivity index (χ0) is 16.5. The number of aromatic nitrogens is 1. The van der Waals surface area contributed by atoms with Gasteiger partial charge in [-0.3, -0.25) is 4.79 Å². The largest absolute Gasteiger partial charge is 0.481 e. The monoisotopic (exact) mass is 322 g/mol. The van der Waals surface area contributed by atoms with Crippen molar-refractivity contribution in [2.45, 2.75) is 25.7 Å². The smallest absolute Gasteiger partial charge is 0.228 e. The summed E-state index contributed by atoms with van der Waals surface area (Å²) < 4.78 is 10.7. The molecule has 2 aromatic heterocycles. The molecule has 0 fully saturated rings. The average molecular weight is 322 g/mol. The van der Waals surface area contributed by atoms with Crippen molar-refractivity contribution in [1.82, 2.24) is 4.98 Å². The highest BCUT2D eigenvalue weighted by Gasteiger charge is 2.16. The normalized spacial score (nSPS) is 13.0. The number of pyridine rings is 1. The van der Waals surface area contributed by atoms with Crippen LogP contribution in [0.2, 0.25) is 0 Å². The van der Waals surface area contributed by atoms with Crippen molar-refractivity contribution < 1.29 is 13.9 Å². The zero-order valence-electron chi connectivity index (χ0n) is 13.5. The highest BCUT2D eigenvalue weighted by molar-refractivity contribution is 5.95. The van der Waals surface area contributed by atoms with Crippen LogP contribution < -0.4 is 10.1 Å². The molecule has 3 aromatic rings. The van der Waals surface area contributed by atoms with E-state index < -0.39 is 0 Å². The summed E-state index contributed by atoms with van der Waals surface area (Å²) in [7, 11) is 1.56. The van der Waals surface area contributed by atoms with Crippen LogP contribution >= 0.6 is 0 Å². The molecule has 0 atom stereocenters. The maximum atomic E-state index is 12.3. The van der Waals surface area contributed by atoms with Gasteiger partial charge in [0, 0.05) is 17.0 Å². The first-order valence-electron chi connectivity index (χ1n) is 8.05. The number of rotatable bonds is 4. The van der Waals surface area contributed by atoms with Crippen molar-refractivity contribution in [1.29, 1.82) is 0 Å². The van der Waals surface area contributed by atoms with Crippen molar-refractivity contribution in [3.05, 3.63) is 53.4 Å². The molecule has 5 heteroatoms. The highest BCUT2D eigenvalue weighted by atomic mass is 16.5. The second kappa shape index (κ2) is 6.00. The minimum absolute atomic E-state index is 0.0924. The number of furan rings is 1. The minimum atomic E-state index is -0.0924. The van der Waals surface area contributed by atoms with Gasteiger partial charge in [-0.05, 0) is 48.6 Å². The molecular weight excluding hydrogens is 304 g/mol. The highest BCUT2D eigenvalue weighted by Crippen LogP contribution is 2.30. The molecule has 122 valence electrons. The van der Waals surface area contributed by atoms with Crippen molar-refractivity contribution in [3.63, 3.8) is 0 Å². The van der Waals surface area contributed by atoms with Crippen LogP contribution in [-0.2, 0) is 24.1 Å². The number of anilines is 1. The van der Waals surface area contributed by atoms with E-state index in [1.165, 1.54) is 17.5 Å². The number of carbonyl (C=O) groups excluding carboxylic acids is 1. The van der Waals surface area contributed by atoms with Crippen LogP contribution in [-0.4, -0.2) is 18.0 Å². The molecule has 1 aliphatic rings. The number of carbonyl (C=O) groups is 1. The minimum Gasteiger partial charge on any atom is -0.481 e. The van der Waals surface area contributed by atoms with E-state index in [2.05, 4.69) is 22.4 Å². The quantitative estimate of drug-likeness (QED) is 0.798. The first kappa shape index (κ1) is 14.8. The number of fused-ring (bicyclic) bond motifs is 2. The summed E-state index contributed by atoms with van der Waals surface area (Å²) in [6.45, 7) is 0. The van der Waals surface area contributed by atoms with Crippen LogP contribution in [0.1, 0.15) is 23.1 Å². The van der Waals surface area contributed by atoms with E-state index >= 15 is 0 Å². The number of nitrogens with one attached hydrogen (secondary N) is 1. The van der Waals surface area contributed by atoms with Crippen molar-refractivity contribution in [2.24, 2.45) is 0 Å². The van der Waals surface area contributed by atoms with Gasteiger partial charge in [-0.1, -0.05) is 0 Å². The Kier molecular flexibility index (Phi) is 3.69. The molecule has 0 bridgehead atoms. The Morgan fingerprint density at radius 2 is 2.12 bits per heavy atom. The number of hydrogen-bond donors (Lipinski definition) is 1. The molecular formula is C19H18N2O3. The van der Waals surface area contributed by atoms with Crippen molar-refractivity contribution >= 4 is 22.6 Å². The van der Waals surface area contributed by atoms with Gasteiger partial charge in [-0.15, -0.1) is 0 Å².